The number of anilines is 1. The predicted octanol–water partition coefficient (Wildman–Crippen LogP) is 2.02. The van der Waals surface area contributed by atoms with Crippen LogP contribution in [0.15, 0.2) is 48.7 Å². The zero-order valence-electron chi connectivity index (χ0n) is 14.6. The average molecular weight is 383 g/mol. The van der Waals surface area contributed by atoms with Gasteiger partial charge < -0.3 is 14.2 Å². The van der Waals surface area contributed by atoms with Gasteiger partial charge in [0.1, 0.15) is 5.82 Å². The molecule has 1 fully saturated rings. The van der Waals surface area contributed by atoms with Gasteiger partial charge in [0.25, 0.3) is 0 Å². The van der Waals surface area contributed by atoms with Gasteiger partial charge in [-0.05, 0) is 28.8 Å². The van der Waals surface area contributed by atoms with Crippen molar-refractivity contribution in [3.8, 4) is 11.1 Å². The maximum absolute atomic E-state index is 10.8. The lowest BCUT2D eigenvalue weighted by Gasteiger charge is -2.27. The first-order valence-electron chi connectivity index (χ1n) is 8.71. The van der Waals surface area contributed by atoms with Gasteiger partial charge in [0.15, 0.2) is 0 Å². The van der Waals surface area contributed by atoms with Crippen LogP contribution < -0.4 is 9.62 Å². The Bertz CT molecular complexity index is 976. The van der Waals surface area contributed by atoms with Crippen molar-refractivity contribution in [1.29, 1.82) is 0 Å². The summed E-state index contributed by atoms with van der Waals surface area (Å²) in [5.41, 5.74) is 4.48. The zero-order valence-corrected chi connectivity index (χ0v) is 15.4. The van der Waals surface area contributed by atoms with Crippen LogP contribution in [0.2, 0.25) is 0 Å². The quantitative estimate of drug-likeness (QED) is 0.678. The molecule has 0 bridgehead atoms. The average Bonchev–Trinajstić information content (AvgIpc) is 2.72. The van der Waals surface area contributed by atoms with Gasteiger partial charge in [-0.2, -0.15) is 0 Å². The van der Waals surface area contributed by atoms with E-state index in [2.05, 4.69) is 14.6 Å². The van der Waals surface area contributed by atoms with E-state index in [1.165, 1.54) is 0 Å². The van der Waals surface area contributed by atoms with Crippen molar-refractivity contribution in [3.05, 3.63) is 54.2 Å². The van der Waals surface area contributed by atoms with E-state index in [1.807, 2.05) is 42.5 Å². The molecule has 1 aliphatic rings. The summed E-state index contributed by atoms with van der Waals surface area (Å²) in [5, 5.41) is 0. The molecule has 1 saturated heterocycles. The van der Waals surface area contributed by atoms with Crippen LogP contribution in [0.5, 0.6) is 0 Å². The molecule has 2 aromatic carbocycles. The van der Waals surface area contributed by atoms with Crippen LogP contribution in [-0.4, -0.2) is 45.0 Å². The van der Waals surface area contributed by atoms with E-state index in [-0.39, 0.29) is 6.54 Å². The minimum atomic E-state index is -2.30. The number of fused-ring (bicyclic) bond motifs is 1. The molecule has 0 spiro atoms. The third-order valence-electron chi connectivity index (χ3n) is 4.57. The number of benzene rings is 2. The standard InChI is InChI=1S/C19H20N4O3S/c24-27(25)21-12-15-3-1-2-4-16(15)14-5-6-17-18(11-14)22-19(13-20-17)23-7-9-26-10-8-23/h1-6,11,13,21H,7-10,12H2,(H,24,25)/p-1. The summed E-state index contributed by atoms with van der Waals surface area (Å²) in [6, 6.07) is 13.6. The smallest absolute Gasteiger partial charge is 0.148 e. The fraction of sp³-hybridized carbons (Fsp3) is 0.263. The van der Waals surface area contributed by atoms with E-state index in [9.17, 15) is 8.76 Å². The molecule has 1 unspecified atom stereocenters. The number of hydrogen-bond acceptors (Lipinski definition) is 6. The molecule has 8 heteroatoms. The highest BCUT2D eigenvalue weighted by Crippen LogP contribution is 2.27. The number of hydrogen-bond donors (Lipinski definition) is 1. The van der Waals surface area contributed by atoms with E-state index in [1.54, 1.807) is 6.20 Å². The van der Waals surface area contributed by atoms with Gasteiger partial charge in [0.05, 0.1) is 30.4 Å². The molecule has 2 heterocycles. The molecular weight excluding hydrogens is 364 g/mol. The van der Waals surface area contributed by atoms with E-state index in [4.69, 9.17) is 9.72 Å². The summed E-state index contributed by atoms with van der Waals surface area (Å²) in [7, 11) is 0. The maximum Gasteiger partial charge on any atom is 0.148 e. The topological polar surface area (TPSA) is 90.4 Å². The Morgan fingerprint density at radius 2 is 1.96 bits per heavy atom. The highest BCUT2D eigenvalue weighted by Gasteiger charge is 2.14. The Morgan fingerprint density at radius 1 is 1.15 bits per heavy atom. The number of aromatic nitrogens is 2. The highest BCUT2D eigenvalue weighted by molar-refractivity contribution is 7.77. The van der Waals surface area contributed by atoms with E-state index in [0.717, 1.165) is 46.6 Å². The summed E-state index contributed by atoms with van der Waals surface area (Å²) >= 11 is -2.30. The van der Waals surface area contributed by atoms with Crippen molar-refractivity contribution in [3.63, 3.8) is 0 Å². The summed E-state index contributed by atoms with van der Waals surface area (Å²) in [5.74, 6) is 0.847. The number of nitrogens with zero attached hydrogens (tertiary/aromatic N) is 3. The fourth-order valence-corrected chi connectivity index (χ4v) is 3.48. The Hall–Kier alpha value is -2.39. The van der Waals surface area contributed by atoms with Gasteiger partial charge in [0, 0.05) is 30.9 Å². The van der Waals surface area contributed by atoms with Crippen LogP contribution in [-0.2, 0) is 22.5 Å². The lowest BCUT2D eigenvalue weighted by Crippen LogP contribution is -2.36. The molecule has 0 radical (unpaired) electrons. The number of nitrogens with one attached hydrogen (secondary N) is 1. The second-order valence-corrected chi connectivity index (χ2v) is 7.00. The first-order valence-corrected chi connectivity index (χ1v) is 9.79. The normalized spacial score (nSPS) is 15.8. The largest absolute Gasteiger partial charge is 0.760 e. The SMILES string of the molecule is O=S([O-])NCc1ccccc1-c1ccc2ncc(N3CCOCC3)nc2c1. The lowest BCUT2D eigenvalue weighted by atomic mass is 9.99. The van der Waals surface area contributed by atoms with E-state index >= 15 is 0 Å². The van der Waals surface area contributed by atoms with Gasteiger partial charge in [-0.25, -0.2) is 9.71 Å². The van der Waals surface area contributed by atoms with Crippen LogP contribution in [0.4, 0.5) is 5.82 Å². The Kier molecular flexibility index (Phi) is 5.40. The third-order valence-corrected chi connectivity index (χ3v) is 4.95. The minimum Gasteiger partial charge on any atom is -0.760 e. The first-order chi connectivity index (χ1) is 13.2. The molecule has 1 N–H and O–H groups in total. The molecule has 0 amide bonds. The Balaban J connectivity index is 1.69. The molecule has 0 saturated carbocycles. The second kappa shape index (κ2) is 8.10. The Labute approximate surface area is 159 Å². The first kappa shape index (κ1) is 18.0. The molecule has 1 atom stereocenters. The van der Waals surface area contributed by atoms with Gasteiger partial charge in [0.2, 0.25) is 0 Å². The van der Waals surface area contributed by atoms with Crippen LogP contribution in [0.3, 0.4) is 0 Å². The van der Waals surface area contributed by atoms with E-state index < -0.39 is 11.3 Å². The summed E-state index contributed by atoms with van der Waals surface area (Å²) in [6.07, 6.45) is 1.80. The highest BCUT2D eigenvalue weighted by atomic mass is 32.2. The molecule has 1 aromatic heterocycles. The summed E-state index contributed by atoms with van der Waals surface area (Å²) < 4.78 is 29.5. The molecule has 27 heavy (non-hydrogen) atoms. The van der Waals surface area contributed by atoms with Gasteiger partial charge in [-0.1, -0.05) is 30.3 Å². The number of morpholine rings is 1. The summed E-state index contributed by atoms with van der Waals surface area (Å²) in [6.45, 7) is 3.24. The van der Waals surface area contributed by atoms with Crippen molar-refractivity contribution in [1.82, 2.24) is 14.7 Å². The minimum absolute atomic E-state index is 0.240. The monoisotopic (exact) mass is 383 g/mol. The van der Waals surface area contributed by atoms with Gasteiger partial charge >= 0.3 is 0 Å². The van der Waals surface area contributed by atoms with Crippen molar-refractivity contribution >= 4 is 28.1 Å². The molecule has 0 aliphatic carbocycles. The molecule has 7 nitrogen and oxygen atoms in total. The zero-order chi connectivity index (χ0) is 18.6. The molecular formula is C19H19N4O3S-. The van der Waals surface area contributed by atoms with Crippen molar-refractivity contribution in [2.45, 2.75) is 6.54 Å². The van der Waals surface area contributed by atoms with Crippen molar-refractivity contribution in [2.24, 2.45) is 0 Å². The maximum atomic E-state index is 10.8. The predicted molar refractivity (Wildman–Crippen MR) is 104 cm³/mol. The number of ether oxygens (including phenoxy) is 1. The molecule has 1 aliphatic heterocycles. The van der Waals surface area contributed by atoms with Crippen LogP contribution in [0, 0.1) is 0 Å². The van der Waals surface area contributed by atoms with E-state index in [0.29, 0.717) is 13.2 Å². The van der Waals surface area contributed by atoms with Gasteiger partial charge in [-0.3, -0.25) is 9.19 Å². The van der Waals surface area contributed by atoms with Crippen LogP contribution in [0.25, 0.3) is 22.2 Å². The second-order valence-electron chi connectivity index (χ2n) is 6.24. The third kappa shape index (κ3) is 4.14. The van der Waals surface area contributed by atoms with Gasteiger partial charge in [-0.15, -0.1) is 0 Å². The lowest BCUT2D eigenvalue weighted by molar-refractivity contribution is 0.122. The number of rotatable bonds is 5. The molecule has 140 valence electrons. The van der Waals surface area contributed by atoms with Crippen molar-refractivity contribution < 1.29 is 13.5 Å². The summed E-state index contributed by atoms with van der Waals surface area (Å²) in [4.78, 5) is 11.5. The Morgan fingerprint density at radius 3 is 2.78 bits per heavy atom. The molecule has 3 aromatic rings. The van der Waals surface area contributed by atoms with Crippen molar-refractivity contribution in [2.75, 3.05) is 31.2 Å². The van der Waals surface area contributed by atoms with Crippen LogP contribution in [0.1, 0.15) is 5.56 Å². The molecule has 4 rings (SSSR count). The van der Waals surface area contributed by atoms with Crippen LogP contribution >= 0.6 is 0 Å². The fourth-order valence-electron chi connectivity index (χ4n) is 3.21.